The minimum Gasteiger partial charge on any atom is -0.354 e. The van der Waals surface area contributed by atoms with Crippen LogP contribution in [-0.4, -0.2) is 63.8 Å². The Balaban J connectivity index is 1.34. The number of aromatic amines is 1. The Bertz CT molecular complexity index is 1360. The highest BCUT2D eigenvalue weighted by molar-refractivity contribution is 6.05. The van der Waals surface area contributed by atoms with E-state index in [1.54, 1.807) is 7.05 Å². The molecule has 1 atom stereocenters. The van der Waals surface area contributed by atoms with Gasteiger partial charge in [-0.2, -0.15) is 0 Å². The van der Waals surface area contributed by atoms with Crippen molar-refractivity contribution in [2.45, 2.75) is 64.8 Å². The van der Waals surface area contributed by atoms with Crippen LogP contribution in [0.2, 0.25) is 0 Å². The summed E-state index contributed by atoms with van der Waals surface area (Å²) in [5.41, 5.74) is 8.11. The summed E-state index contributed by atoms with van der Waals surface area (Å²) in [4.78, 5) is 47.9. The number of imide groups is 1. The number of pyridine rings is 1. The van der Waals surface area contributed by atoms with E-state index in [1.807, 2.05) is 18.7 Å². The molecule has 0 aliphatic carbocycles. The van der Waals surface area contributed by atoms with Crippen LogP contribution in [-0.2, 0) is 9.59 Å². The number of fused-ring (bicyclic) bond motifs is 1. The predicted octanol–water partition coefficient (Wildman–Crippen LogP) is 4.62. The molecular formula is C29H35N5O3. The van der Waals surface area contributed by atoms with Crippen LogP contribution in [0.25, 0.3) is 22.2 Å². The van der Waals surface area contributed by atoms with Crippen LogP contribution in [0.4, 0.5) is 4.79 Å². The van der Waals surface area contributed by atoms with Gasteiger partial charge in [-0.25, -0.2) is 4.79 Å². The van der Waals surface area contributed by atoms with Crippen molar-refractivity contribution in [1.29, 1.82) is 0 Å². The van der Waals surface area contributed by atoms with Crippen LogP contribution >= 0.6 is 0 Å². The number of piperidine rings is 1. The van der Waals surface area contributed by atoms with Crippen molar-refractivity contribution in [3.63, 3.8) is 0 Å². The van der Waals surface area contributed by atoms with Crippen LogP contribution < -0.4 is 5.32 Å². The van der Waals surface area contributed by atoms with Crippen molar-refractivity contribution in [1.82, 2.24) is 25.1 Å². The molecule has 0 saturated carbocycles. The van der Waals surface area contributed by atoms with Gasteiger partial charge in [0.15, 0.2) is 0 Å². The van der Waals surface area contributed by atoms with Gasteiger partial charge in [-0.15, -0.1) is 0 Å². The lowest BCUT2D eigenvalue weighted by molar-refractivity contribution is -0.135. The third-order valence-corrected chi connectivity index (χ3v) is 7.82. The van der Waals surface area contributed by atoms with Gasteiger partial charge >= 0.3 is 6.03 Å². The first-order chi connectivity index (χ1) is 17.6. The Morgan fingerprint density at radius 2 is 1.76 bits per heavy atom. The van der Waals surface area contributed by atoms with Crippen molar-refractivity contribution in [2.75, 3.05) is 20.1 Å². The first kappa shape index (κ1) is 25.0. The number of carbonyl (C=O) groups is 3. The van der Waals surface area contributed by atoms with Crippen LogP contribution in [0, 0.1) is 13.8 Å². The third kappa shape index (κ3) is 4.72. The molecule has 37 heavy (non-hydrogen) atoms. The van der Waals surface area contributed by atoms with Crippen molar-refractivity contribution in [2.24, 2.45) is 0 Å². The summed E-state index contributed by atoms with van der Waals surface area (Å²) in [5.74, 6) is 0.255. The standard InChI is InChI=1S/C29H35N5O3/c1-16(2)26-22-14-20(6-7-23(22)31-27(26)21-12-17(3)30-18(4)13-21)19-8-10-34(11-9-19)25(35)15-24-28(36)32-29(37)33(24)5/h6-7,12-14,16,19,24,31H,8-11,15H2,1-5H3,(H,32,36,37). The molecule has 2 fully saturated rings. The number of carbonyl (C=O) groups excluding carboxylic acids is 3. The molecule has 2 aliphatic rings. The van der Waals surface area contributed by atoms with Crippen LogP contribution in [0.3, 0.4) is 0 Å². The van der Waals surface area contributed by atoms with E-state index >= 15 is 0 Å². The predicted molar refractivity (Wildman–Crippen MR) is 143 cm³/mol. The van der Waals surface area contributed by atoms with Crippen molar-refractivity contribution < 1.29 is 14.4 Å². The zero-order chi connectivity index (χ0) is 26.4. The molecule has 2 saturated heterocycles. The number of nitrogens with one attached hydrogen (secondary N) is 2. The van der Waals surface area contributed by atoms with Gasteiger partial charge in [0, 0.05) is 48.0 Å². The fraction of sp³-hybridized carbons (Fsp3) is 0.448. The number of hydrogen-bond donors (Lipinski definition) is 2. The summed E-state index contributed by atoms with van der Waals surface area (Å²) in [5, 5.41) is 3.53. The molecule has 0 spiro atoms. The summed E-state index contributed by atoms with van der Waals surface area (Å²) in [6, 6.07) is 9.84. The molecule has 4 amide bonds. The Kier molecular flexibility index (Phi) is 6.52. The highest BCUT2D eigenvalue weighted by Crippen LogP contribution is 2.38. The number of nitrogens with zero attached hydrogens (tertiary/aromatic N) is 3. The maximum absolute atomic E-state index is 12.9. The van der Waals surface area contributed by atoms with Crippen LogP contribution in [0.5, 0.6) is 0 Å². The molecule has 8 nitrogen and oxygen atoms in total. The first-order valence-electron chi connectivity index (χ1n) is 13.1. The van der Waals surface area contributed by atoms with Gasteiger partial charge < -0.3 is 14.8 Å². The average molecular weight is 502 g/mol. The van der Waals surface area contributed by atoms with Crippen molar-refractivity contribution in [3.05, 3.63) is 52.8 Å². The molecule has 2 aliphatic heterocycles. The number of aryl methyl sites for hydroxylation is 2. The maximum Gasteiger partial charge on any atom is 0.324 e. The van der Waals surface area contributed by atoms with Gasteiger partial charge in [0.05, 0.1) is 12.1 Å². The molecular weight excluding hydrogens is 466 g/mol. The summed E-state index contributed by atoms with van der Waals surface area (Å²) in [6.45, 7) is 9.84. The zero-order valence-corrected chi connectivity index (χ0v) is 22.2. The number of likely N-dealkylation sites (N-methyl/N-ethyl adjacent to an activating group) is 1. The summed E-state index contributed by atoms with van der Waals surface area (Å²) in [6.07, 6.45) is 1.78. The molecule has 1 aromatic carbocycles. The minimum absolute atomic E-state index is 0.0303. The highest BCUT2D eigenvalue weighted by atomic mass is 16.2. The molecule has 2 N–H and O–H groups in total. The Hall–Kier alpha value is -3.68. The van der Waals surface area contributed by atoms with E-state index in [0.717, 1.165) is 35.4 Å². The van der Waals surface area contributed by atoms with Gasteiger partial charge in [-0.3, -0.25) is 19.9 Å². The second kappa shape index (κ2) is 9.65. The van der Waals surface area contributed by atoms with Gasteiger partial charge in [0.2, 0.25) is 5.91 Å². The Morgan fingerprint density at radius 1 is 1.08 bits per heavy atom. The van der Waals surface area contributed by atoms with E-state index in [2.05, 4.69) is 59.5 Å². The van der Waals surface area contributed by atoms with E-state index < -0.39 is 18.0 Å². The molecule has 3 aromatic rings. The fourth-order valence-corrected chi connectivity index (χ4v) is 5.87. The van der Waals surface area contributed by atoms with E-state index in [-0.39, 0.29) is 12.3 Å². The molecule has 5 rings (SSSR count). The lowest BCUT2D eigenvalue weighted by Crippen LogP contribution is -2.42. The Labute approximate surface area is 217 Å². The maximum atomic E-state index is 12.9. The summed E-state index contributed by atoms with van der Waals surface area (Å²) in [7, 11) is 1.55. The monoisotopic (exact) mass is 501 g/mol. The second-order valence-electron chi connectivity index (χ2n) is 10.8. The molecule has 4 heterocycles. The van der Waals surface area contributed by atoms with Crippen molar-refractivity contribution >= 4 is 28.7 Å². The minimum atomic E-state index is -0.717. The number of rotatable bonds is 5. The van der Waals surface area contributed by atoms with Crippen molar-refractivity contribution in [3.8, 4) is 11.3 Å². The number of hydrogen-bond acceptors (Lipinski definition) is 4. The van der Waals surface area contributed by atoms with Gasteiger partial charge in [0.25, 0.3) is 5.91 Å². The highest BCUT2D eigenvalue weighted by Gasteiger charge is 2.38. The van der Waals surface area contributed by atoms with Gasteiger partial charge in [-0.1, -0.05) is 19.9 Å². The van der Waals surface area contributed by atoms with E-state index in [4.69, 9.17) is 0 Å². The molecule has 0 bridgehead atoms. The molecule has 1 unspecified atom stereocenters. The lowest BCUT2D eigenvalue weighted by atomic mass is 9.87. The number of urea groups is 1. The SMILES string of the molecule is Cc1cc(-c2[nH]c3ccc(C4CCN(C(=O)CC5C(=O)NC(=O)N5C)CC4)cc3c2C(C)C)cc(C)n1. The molecule has 194 valence electrons. The van der Waals surface area contributed by atoms with Crippen LogP contribution in [0.15, 0.2) is 30.3 Å². The number of aromatic nitrogens is 2. The normalized spacial score (nSPS) is 18.8. The molecule has 8 heteroatoms. The second-order valence-corrected chi connectivity index (χ2v) is 10.8. The summed E-state index contributed by atoms with van der Waals surface area (Å²) < 4.78 is 0. The van der Waals surface area contributed by atoms with Crippen LogP contribution in [0.1, 0.15) is 67.5 Å². The third-order valence-electron chi connectivity index (χ3n) is 7.82. The van der Waals surface area contributed by atoms with E-state index in [9.17, 15) is 14.4 Å². The van der Waals surface area contributed by atoms with E-state index in [0.29, 0.717) is 24.9 Å². The molecule has 0 radical (unpaired) electrons. The number of benzene rings is 1. The van der Waals surface area contributed by atoms with Gasteiger partial charge in [-0.05, 0) is 73.9 Å². The smallest absolute Gasteiger partial charge is 0.324 e. The Morgan fingerprint density at radius 3 is 2.35 bits per heavy atom. The first-order valence-corrected chi connectivity index (χ1v) is 13.1. The summed E-state index contributed by atoms with van der Waals surface area (Å²) >= 11 is 0. The number of amides is 4. The lowest BCUT2D eigenvalue weighted by Gasteiger charge is -2.33. The quantitative estimate of drug-likeness (QED) is 0.499. The largest absolute Gasteiger partial charge is 0.354 e. The zero-order valence-electron chi connectivity index (χ0n) is 22.2. The molecule has 2 aromatic heterocycles. The number of H-pyrrole nitrogens is 1. The topological polar surface area (TPSA) is 98.4 Å². The fourth-order valence-electron chi connectivity index (χ4n) is 5.87. The number of likely N-dealkylation sites (tertiary alicyclic amines) is 1. The van der Waals surface area contributed by atoms with Gasteiger partial charge in [0.1, 0.15) is 6.04 Å². The average Bonchev–Trinajstić information content (AvgIpc) is 3.35. The van der Waals surface area contributed by atoms with E-state index in [1.165, 1.54) is 27.0 Å².